The number of phenolic OH excluding ortho intramolecular Hbond substituents is 1. The van der Waals surface area contributed by atoms with Gasteiger partial charge in [-0.25, -0.2) is 4.79 Å². The number of carbonyl (C=O) groups is 1. The lowest BCUT2D eigenvalue weighted by atomic mass is 10.2. The van der Waals surface area contributed by atoms with E-state index in [9.17, 15) is 9.90 Å². The van der Waals surface area contributed by atoms with Crippen LogP contribution < -0.4 is 0 Å². The Hall–Kier alpha value is -0.780. The Morgan fingerprint density at radius 1 is 1.44 bits per heavy atom. The van der Waals surface area contributed by atoms with Crippen molar-refractivity contribution in [2.24, 2.45) is 0 Å². The van der Waals surface area contributed by atoms with Gasteiger partial charge in [-0.05, 0) is 47.2 Å². The molecule has 88 valence electrons. The highest BCUT2D eigenvalue weighted by atomic mass is 127. The van der Waals surface area contributed by atoms with E-state index >= 15 is 0 Å². The van der Waals surface area contributed by atoms with Gasteiger partial charge in [-0.1, -0.05) is 19.8 Å². The van der Waals surface area contributed by atoms with Crippen molar-refractivity contribution in [1.82, 2.24) is 0 Å². The Balaban J connectivity index is 2.50. The molecule has 0 aromatic heterocycles. The van der Waals surface area contributed by atoms with Crippen LogP contribution in [-0.2, 0) is 4.74 Å². The lowest BCUT2D eigenvalue weighted by Gasteiger charge is -2.05. The molecule has 0 unspecified atom stereocenters. The first kappa shape index (κ1) is 13.3. The fourth-order valence-corrected chi connectivity index (χ4v) is 1.75. The molecule has 0 aliphatic carbocycles. The molecule has 0 bridgehead atoms. The van der Waals surface area contributed by atoms with Gasteiger partial charge in [-0.3, -0.25) is 0 Å². The average Bonchev–Trinajstić information content (AvgIpc) is 2.28. The molecule has 0 saturated carbocycles. The second-order valence-electron chi connectivity index (χ2n) is 3.51. The first-order valence-electron chi connectivity index (χ1n) is 5.30. The maximum absolute atomic E-state index is 11.6. The van der Waals surface area contributed by atoms with E-state index in [1.54, 1.807) is 12.1 Å². The van der Waals surface area contributed by atoms with Gasteiger partial charge in [-0.15, -0.1) is 0 Å². The van der Waals surface area contributed by atoms with Crippen LogP contribution in [0, 0.1) is 3.57 Å². The van der Waals surface area contributed by atoms with E-state index in [4.69, 9.17) is 4.74 Å². The van der Waals surface area contributed by atoms with Crippen molar-refractivity contribution < 1.29 is 14.6 Å². The molecule has 0 atom stereocenters. The van der Waals surface area contributed by atoms with E-state index in [2.05, 4.69) is 6.92 Å². The highest BCUT2D eigenvalue weighted by Gasteiger charge is 2.08. The van der Waals surface area contributed by atoms with Gasteiger partial charge >= 0.3 is 5.97 Å². The molecule has 1 aromatic carbocycles. The van der Waals surface area contributed by atoms with Crippen molar-refractivity contribution in [2.75, 3.05) is 6.61 Å². The van der Waals surface area contributed by atoms with E-state index < -0.39 is 0 Å². The van der Waals surface area contributed by atoms with Crippen LogP contribution in [0.3, 0.4) is 0 Å². The minimum Gasteiger partial charge on any atom is -0.507 e. The first-order valence-corrected chi connectivity index (χ1v) is 6.38. The fourth-order valence-electron chi connectivity index (χ4n) is 1.23. The van der Waals surface area contributed by atoms with Crippen molar-refractivity contribution in [3.63, 3.8) is 0 Å². The van der Waals surface area contributed by atoms with Crippen LogP contribution in [0.5, 0.6) is 5.75 Å². The zero-order valence-electron chi connectivity index (χ0n) is 9.20. The topological polar surface area (TPSA) is 46.5 Å². The summed E-state index contributed by atoms with van der Waals surface area (Å²) in [4.78, 5) is 11.6. The molecule has 0 spiro atoms. The van der Waals surface area contributed by atoms with E-state index in [-0.39, 0.29) is 11.7 Å². The normalized spacial score (nSPS) is 10.1. The summed E-state index contributed by atoms with van der Waals surface area (Å²) in [5.41, 5.74) is 0.485. The SMILES string of the molecule is CCCCCOC(=O)c1ccc(O)c(I)c1. The summed E-state index contributed by atoms with van der Waals surface area (Å²) in [6.07, 6.45) is 3.08. The Bertz CT molecular complexity index is 363. The summed E-state index contributed by atoms with van der Waals surface area (Å²) in [6.45, 7) is 2.56. The largest absolute Gasteiger partial charge is 0.507 e. The van der Waals surface area contributed by atoms with Crippen molar-refractivity contribution in [2.45, 2.75) is 26.2 Å². The molecule has 0 fully saturated rings. The van der Waals surface area contributed by atoms with Crippen LogP contribution in [0.25, 0.3) is 0 Å². The van der Waals surface area contributed by atoms with Gasteiger partial charge in [0.1, 0.15) is 5.75 Å². The molecule has 1 rings (SSSR count). The minimum absolute atomic E-state index is 0.183. The number of hydrogen-bond donors (Lipinski definition) is 1. The zero-order chi connectivity index (χ0) is 12.0. The van der Waals surface area contributed by atoms with Gasteiger partial charge in [0.25, 0.3) is 0 Å². The van der Waals surface area contributed by atoms with Crippen molar-refractivity contribution in [1.29, 1.82) is 0 Å². The Morgan fingerprint density at radius 3 is 2.81 bits per heavy atom. The number of phenols is 1. The van der Waals surface area contributed by atoms with Crippen LogP contribution in [0.1, 0.15) is 36.5 Å². The van der Waals surface area contributed by atoms with Crippen LogP contribution in [0.4, 0.5) is 0 Å². The molecule has 0 heterocycles. The van der Waals surface area contributed by atoms with Crippen molar-refractivity contribution >= 4 is 28.6 Å². The molecule has 16 heavy (non-hydrogen) atoms. The second-order valence-corrected chi connectivity index (χ2v) is 4.67. The fraction of sp³-hybridized carbons (Fsp3) is 0.417. The second kappa shape index (κ2) is 6.73. The number of unbranched alkanes of at least 4 members (excludes halogenated alkanes) is 2. The Kier molecular flexibility index (Phi) is 5.59. The molecule has 0 amide bonds. The van der Waals surface area contributed by atoms with E-state index in [1.165, 1.54) is 6.07 Å². The van der Waals surface area contributed by atoms with Gasteiger partial charge < -0.3 is 9.84 Å². The van der Waals surface area contributed by atoms with Gasteiger partial charge in [0, 0.05) is 0 Å². The summed E-state index contributed by atoms with van der Waals surface area (Å²) >= 11 is 1.98. The first-order chi connectivity index (χ1) is 7.65. The molecule has 0 aliphatic heterocycles. The molecule has 1 aromatic rings. The average molecular weight is 334 g/mol. The molecule has 3 nitrogen and oxygen atoms in total. The summed E-state index contributed by atoms with van der Waals surface area (Å²) in [5.74, 6) is -0.142. The Morgan fingerprint density at radius 2 is 2.19 bits per heavy atom. The van der Waals surface area contributed by atoms with Crippen LogP contribution >= 0.6 is 22.6 Å². The van der Waals surface area contributed by atoms with Gasteiger partial charge in [0.05, 0.1) is 15.7 Å². The van der Waals surface area contributed by atoms with Crippen molar-refractivity contribution in [3.05, 3.63) is 27.3 Å². The molecule has 1 N–H and O–H groups in total. The molecule has 0 saturated heterocycles. The van der Waals surface area contributed by atoms with E-state index in [1.807, 2.05) is 22.6 Å². The summed E-state index contributed by atoms with van der Waals surface area (Å²) in [6, 6.07) is 4.70. The third-order valence-electron chi connectivity index (χ3n) is 2.16. The third kappa shape index (κ3) is 4.00. The number of carbonyl (C=O) groups excluding carboxylic acids is 1. The molecule has 4 heteroatoms. The lowest BCUT2D eigenvalue weighted by molar-refractivity contribution is 0.0498. The van der Waals surface area contributed by atoms with Crippen molar-refractivity contribution in [3.8, 4) is 5.75 Å². The number of rotatable bonds is 5. The number of ether oxygens (including phenoxy) is 1. The number of halogens is 1. The van der Waals surface area contributed by atoms with Crippen LogP contribution in [0.2, 0.25) is 0 Å². The van der Waals surface area contributed by atoms with E-state index in [0.717, 1.165) is 19.3 Å². The monoisotopic (exact) mass is 334 g/mol. The maximum Gasteiger partial charge on any atom is 0.338 e. The molecular weight excluding hydrogens is 319 g/mol. The zero-order valence-corrected chi connectivity index (χ0v) is 11.4. The third-order valence-corrected chi connectivity index (χ3v) is 3.03. The quantitative estimate of drug-likeness (QED) is 0.510. The van der Waals surface area contributed by atoms with Gasteiger partial charge in [-0.2, -0.15) is 0 Å². The lowest BCUT2D eigenvalue weighted by Crippen LogP contribution is -2.06. The Labute approximate surface area is 109 Å². The van der Waals surface area contributed by atoms with Gasteiger partial charge in [0.15, 0.2) is 0 Å². The van der Waals surface area contributed by atoms with Gasteiger partial charge in [0.2, 0.25) is 0 Å². The minimum atomic E-state index is -0.325. The van der Waals surface area contributed by atoms with E-state index in [0.29, 0.717) is 15.7 Å². The highest BCUT2D eigenvalue weighted by molar-refractivity contribution is 14.1. The number of hydrogen-bond acceptors (Lipinski definition) is 3. The number of aromatic hydroxyl groups is 1. The number of esters is 1. The predicted molar refractivity (Wildman–Crippen MR) is 70.6 cm³/mol. The number of benzene rings is 1. The smallest absolute Gasteiger partial charge is 0.338 e. The van der Waals surface area contributed by atoms with Crippen LogP contribution in [-0.4, -0.2) is 17.7 Å². The predicted octanol–water partition coefficient (Wildman–Crippen LogP) is 3.34. The highest BCUT2D eigenvalue weighted by Crippen LogP contribution is 2.20. The standard InChI is InChI=1S/C12H15IO3/c1-2-3-4-7-16-12(15)9-5-6-11(14)10(13)8-9/h5-6,8,14H,2-4,7H2,1H3. The molecular formula is C12H15IO3. The summed E-state index contributed by atoms with van der Waals surface area (Å²) in [7, 11) is 0. The maximum atomic E-state index is 11.6. The molecule has 0 radical (unpaired) electrons. The molecule has 0 aliphatic rings. The summed E-state index contributed by atoms with van der Waals surface area (Å²) < 4.78 is 5.75. The summed E-state index contributed by atoms with van der Waals surface area (Å²) in [5, 5.41) is 9.31. The van der Waals surface area contributed by atoms with Crippen LogP contribution in [0.15, 0.2) is 18.2 Å².